The van der Waals surface area contributed by atoms with E-state index in [1.54, 1.807) is 18.2 Å². The van der Waals surface area contributed by atoms with Gasteiger partial charge in [-0.15, -0.1) is 10.2 Å². The number of nitro groups is 1. The molecular weight excluding hydrogens is 461 g/mol. The Labute approximate surface area is 199 Å². The highest BCUT2D eigenvalue weighted by Gasteiger charge is 2.26. The Bertz CT molecular complexity index is 1200. The normalized spacial score (nSPS) is 14.1. The molecule has 178 valence electrons. The Morgan fingerprint density at radius 2 is 2.00 bits per heavy atom. The second-order valence-corrected chi connectivity index (χ2v) is 8.87. The molecule has 11 heteroatoms. The van der Waals surface area contributed by atoms with Crippen LogP contribution >= 0.6 is 11.8 Å². The van der Waals surface area contributed by atoms with Crippen LogP contribution in [0.3, 0.4) is 0 Å². The SMILES string of the molecule is COc1ccc(NC(=O)CSc2nnc(-c3ccccc3F)n2C2CCCCC2)c([N+](=O)[O-])c1. The predicted octanol–water partition coefficient (Wildman–Crippen LogP) is 5.24. The van der Waals surface area contributed by atoms with E-state index in [1.165, 1.54) is 43.1 Å². The van der Waals surface area contributed by atoms with Crippen molar-refractivity contribution in [3.05, 3.63) is 58.4 Å². The van der Waals surface area contributed by atoms with Gasteiger partial charge >= 0.3 is 0 Å². The summed E-state index contributed by atoms with van der Waals surface area (Å²) in [6.45, 7) is 0. The maximum Gasteiger partial charge on any atom is 0.296 e. The van der Waals surface area contributed by atoms with Gasteiger partial charge in [-0.3, -0.25) is 19.5 Å². The number of anilines is 1. The van der Waals surface area contributed by atoms with Crippen LogP contribution in [0.2, 0.25) is 0 Å². The molecule has 1 N–H and O–H groups in total. The zero-order valence-electron chi connectivity index (χ0n) is 18.6. The van der Waals surface area contributed by atoms with E-state index in [0.29, 0.717) is 22.3 Å². The molecule has 1 saturated carbocycles. The smallest absolute Gasteiger partial charge is 0.296 e. The van der Waals surface area contributed by atoms with Crippen LogP contribution in [-0.4, -0.2) is 38.5 Å². The Morgan fingerprint density at radius 1 is 1.24 bits per heavy atom. The van der Waals surface area contributed by atoms with Gasteiger partial charge in [-0.25, -0.2) is 4.39 Å². The zero-order chi connectivity index (χ0) is 24.1. The number of hydrogen-bond acceptors (Lipinski definition) is 7. The fraction of sp³-hybridized carbons (Fsp3) is 0.348. The minimum absolute atomic E-state index is 0.0364. The number of amides is 1. The third-order valence-electron chi connectivity index (χ3n) is 5.73. The molecule has 0 radical (unpaired) electrons. The predicted molar refractivity (Wildman–Crippen MR) is 127 cm³/mol. The number of thioether (sulfide) groups is 1. The van der Waals surface area contributed by atoms with Crippen LogP contribution in [0, 0.1) is 15.9 Å². The van der Waals surface area contributed by atoms with Crippen molar-refractivity contribution >= 4 is 29.0 Å². The molecule has 0 saturated heterocycles. The molecule has 1 amide bonds. The summed E-state index contributed by atoms with van der Waals surface area (Å²) in [5.74, 6) is -0.0818. The molecule has 0 atom stereocenters. The Morgan fingerprint density at radius 3 is 2.71 bits per heavy atom. The number of benzene rings is 2. The highest BCUT2D eigenvalue weighted by Crippen LogP contribution is 2.36. The number of nitrogens with one attached hydrogen (secondary N) is 1. The monoisotopic (exact) mass is 485 g/mol. The highest BCUT2D eigenvalue weighted by atomic mass is 32.2. The van der Waals surface area contributed by atoms with E-state index in [9.17, 15) is 19.3 Å². The maximum atomic E-state index is 14.5. The van der Waals surface area contributed by atoms with Gasteiger partial charge in [0.2, 0.25) is 5.91 Å². The number of carbonyl (C=O) groups is 1. The van der Waals surface area contributed by atoms with Crippen LogP contribution in [0.4, 0.5) is 15.8 Å². The lowest BCUT2D eigenvalue weighted by atomic mass is 9.95. The third-order valence-corrected chi connectivity index (χ3v) is 6.67. The van der Waals surface area contributed by atoms with Crippen molar-refractivity contribution in [2.24, 2.45) is 0 Å². The Kier molecular flexibility index (Phi) is 7.41. The van der Waals surface area contributed by atoms with Gasteiger partial charge in [-0.2, -0.15) is 0 Å². The number of hydrogen-bond donors (Lipinski definition) is 1. The number of ether oxygens (including phenoxy) is 1. The molecule has 0 aliphatic heterocycles. The molecule has 1 aliphatic rings. The van der Waals surface area contributed by atoms with E-state index < -0.39 is 10.8 Å². The minimum atomic E-state index is -0.578. The first-order valence-electron chi connectivity index (χ1n) is 10.9. The van der Waals surface area contributed by atoms with E-state index in [1.807, 2.05) is 4.57 Å². The molecule has 0 unspecified atom stereocenters. The molecule has 1 heterocycles. The van der Waals surface area contributed by atoms with Crippen LogP contribution in [0.15, 0.2) is 47.6 Å². The van der Waals surface area contributed by atoms with Crippen LogP contribution < -0.4 is 10.1 Å². The lowest BCUT2D eigenvalue weighted by molar-refractivity contribution is -0.384. The quantitative estimate of drug-likeness (QED) is 0.264. The van der Waals surface area contributed by atoms with Crippen LogP contribution in [0.1, 0.15) is 38.1 Å². The number of aromatic nitrogens is 3. The van der Waals surface area contributed by atoms with Crippen LogP contribution in [0.5, 0.6) is 5.75 Å². The molecule has 2 aromatic carbocycles. The van der Waals surface area contributed by atoms with Gasteiger partial charge in [0, 0.05) is 6.04 Å². The average Bonchev–Trinajstić information content (AvgIpc) is 3.27. The molecule has 0 bridgehead atoms. The first-order valence-corrected chi connectivity index (χ1v) is 11.9. The molecule has 1 aromatic heterocycles. The van der Waals surface area contributed by atoms with Crippen molar-refractivity contribution in [1.82, 2.24) is 14.8 Å². The van der Waals surface area contributed by atoms with Gasteiger partial charge in [-0.05, 0) is 37.1 Å². The molecule has 4 rings (SSSR count). The summed E-state index contributed by atoms with van der Waals surface area (Å²) in [4.78, 5) is 23.4. The van der Waals surface area contributed by atoms with Gasteiger partial charge in [0.15, 0.2) is 11.0 Å². The summed E-state index contributed by atoms with van der Waals surface area (Å²) in [7, 11) is 1.41. The lowest BCUT2D eigenvalue weighted by Crippen LogP contribution is -2.18. The molecule has 9 nitrogen and oxygen atoms in total. The molecular formula is C23H24FN5O4S. The molecule has 34 heavy (non-hydrogen) atoms. The van der Waals surface area contributed by atoms with Crippen LogP contribution in [0.25, 0.3) is 11.4 Å². The van der Waals surface area contributed by atoms with E-state index in [2.05, 4.69) is 15.5 Å². The summed E-state index contributed by atoms with van der Waals surface area (Å²) in [6.07, 6.45) is 5.13. The molecule has 1 aliphatic carbocycles. The summed E-state index contributed by atoms with van der Waals surface area (Å²) in [5, 5.41) is 23.0. The third kappa shape index (κ3) is 5.19. The van der Waals surface area contributed by atoms with Gasteiger partial charge < -0.3 is 10.1 Å². The largest absolute Gasteiger partial charge is 0.496 e. The van der Waals surface area contributed by atoms with Crippen molar-refractivity contribution in [2.75, 3.05) is 18.2 Å². The van der Waals surface area contributed by atoms with E-state index in [4.69, 9.17) is 4.74 Å². The lowest BCUT2D eigenvalue weighted by Gasteiger charge is -2.25. The second-order valence-electron chi connectivity index (χ2n) is 7.92. The van der Waals surface area contributed by atoms with Crippen molar-refractivity contribution < 1.29 is 18.8 Å². The Balaban J connectivity index is 1.55. The number of rotatable bonds is 8. The summed E-state index contributed by atoms with van der Waals surface area (Å²) >= 11 is 1.17. The van der Waals surface area contributed by atoms with Gasteiger partial charge in [0.05, 0.1) is 29.4 Å². The molecule has 0 spiro atoms. The van der Waals surface area contributed by atoms with E-state index >= 15 is 0 Å². The number of halogens is 1. The van der Waals surface area contributed by atoms with Gasteiger partial charge in [0.25, 0.3) is 5.69 Å². The van der Waals surface area contributed by atoms with Gasteiger partial charge in [-0.1, -0.05) is 43.2 Å². The summed E-state index contributed by atoms with van der Waals surface area (Å²) < 4.78 is 21.5. The van der Waals surface area contributed by atoms with Crippen molar-refractivity contribution in [2.45, 2.75) is 43.3 Å². The fourth-order valence-corrected chi connectivity index (χ4v) is 4.89. The molecule has 1 fully saturated rings. The number of carbonyl (C=O) groups excluding carboxylic acids is 1. The average molecular weight is 486 g/mol. The Hall–Kier alpha value is -3.47. The van der Waals surface area contributed by atoms with Crippen LogP contribution in [-0.2, 0) is 4.79 Å². The second kappa shape index (κ2) is 10.6. The topological polar surface area (TPSA) is 112 Å². The molecule has 3 aromatic rings. The van der Waals surface area contributed by atoms with E-state index in [0.717, 1.165) is 32.1 Å². The maximum absolute atomic E-state index is 14.5. The standard InChI is InChI=1S/C23H24FN5O4S/c1-33-16-11-12-19(20(13-16)29(31)32)25-21(30)14-34-23-27-26-22(17-9-5-6-10-18(17)24)28(23)15-7-3-2-4-8-15/h5-6,9-13,15H,2-4,7-8,14H2,1H3,(H,25,30). The van der Waals surface area contributed by atoms with E-state index in [-0.39, 0.29) is 29.0 Å². The summed E-state index contributed by atoms with van der Waals surface area (Å²) in [6, 6.07) is 10.8. The zero-order valence-corrected chi connectivity index (χ0v) is 19.4. The van der Waals surface area contributed by atoms with Crippen molar-refractivity contribution in [3.8, 4) is 17.1 Å². The highest BCUT2D eigenvalue weighted by molar-refractivity contribution is 7.99. The van der Waals surface area contributed by atoms with Crippen molar-refractivity contribution in [1.29, 1.82) is 0 Å². The first-order chi connectivity index (χ1) is 16.5. The number of methoxy groups -OCH3 is 1. The number of nitro benzene ring substituents is 1. The van der Waals surface area contributed by atoms with Gasteiger partial charge in [0.1, 0.15) is 17.3 Å². The van der Waals surface area contributed by atoms with Crippen molar-refractivity contribution in [3.63, 3.8) is 0 Å². The summed E-state index contributed by atoms with van der Waals surface area (Å²) in [5.41, 5.74) is 0.188. The number of nitrogens with zero attached hydrogens (tertiary/aromatic N) is 4. The fourth-order valence-electron chi connectivity index (χ4n) is 4.08. The minimum Gasteiger partial charge on any atom is -0.496 e. The first kappa shape index (κ1) is 23.7.